The second-order valence-electron chi connectivity index (χ2n) is 5.25. The minimum absolute atomic E-state index is 0. The molecule has 0 spiro atoms. The molecule has 2 aliphatic heterocycles. The van der Waals surface area contributed by atoms with E-state index in [1.165, 1.54) is 32.2 Å². The molecule has 2 saturated heterocycles. The molecule has 0 aromatic heterocycles. The Balaban J connectivity index is 0.00000162. The largest absolute Gasteiger partial charge is 0.343 e. The van der Waals surface area contributed by atoms with Gasteiger partial charge < -0.3 is 10.2 Å². The molecule has 3 nitrogen and oxygen atoms in total. The van der Waals surface area contributed by atoms with Crippen LogP contribution in [0, 0.1) is 5.92 Å². The van der Waals surface area contributed by atoms with E-state index in [0.717, 1.165) is 31.5 Å². The number of hydrogen-bond donors (Lipinski definition) is 1. The summed E-state index contributed by atoms with van der Waals surface area (Å²) >= 11 is 0. The van der Waals surface area contributed by atoms with E-state index in [2.05, 4.69) is 11.9 Å². The Morgan fingerprint density at radius 3 is 2.47 bits per heavy atom. The minimum atomic E-state index is 0. The van der Waals surface area contributed by atoms with Crippen LogP contribution < -0.4 is 5.32 Å². The lowest BCUT2D eigenvalue weighted by Gasteiger charge is -2.35. The molecule has 0 bridgehead atoms. The van der Waals surface area contributed by atoms with Crippen LogP contribution in [0.25, 0.3) is 0 Å². The number of piperidine rings is 1. The molecule has 0 radical (unpaired) electrons. The first-order valence-corrected chi connectivity index (χ1v) is 6.93. The lowest BCUT2D eigenvalue weighted by atomic mass is 9.88. The van der Waals surface area contributed by atoms with Gasteiger partial charge in [-0.15, -0.1) is 31.4 Å². The highest BCUT2D eigenvalue weighted by Gasteiger charge is 2.29. The summed E-state index contributed by atoms with van der Waals surface area (Å²) in [6.07, 6.45) is 8.28. The van der Waals surface area contributed by atoms with E-state index >= 15 is 0 Å². The summed E-state index contributed by atoms with van der Waals surface area (Å²) in [5.41, 5.74) is 0. The minimum Gasteiger partial charge on any atom is -0.343 e. The van der Waals surface area contributed by atoms with Crippen LogP contribution in [0.5, 0.6) is 0 Å². The zero-order valence-electron chi connectivity index (χ0n) is 11.5. The summed E-state index contributed by atoms with van der Waals surface area (Å²) in [6.45, 7) is 6.76. The molecule has 0 aromatic rings. The number of halogens is 2. The number of carbonyl (C=O) groups excluding carboxylic acids is 1. The first kappa shape index (κ1) is 18.8. The van der Waals surface area contributed by atoms with Crippen LogP contribution in [0.15, 0.2) is 12.7 Å². The van der Waals surface area contributed by atoms with Gasteiger partial charge in [-0.2, -0.15) is 0 Å². The van der Waals surface area contributed by atoms with Gasteiger partial charge in [0, 0.05) is 25.6 Å². The molecule has 2 rings (SSSR count). The predicted molar refractivity (Wildman–Crippen MR) is 84.3 cm³/mol. The van der Waals surface area contributed by atoms with Crippen molar-refractivity contribution < 1.29 is 4.79 Å². The standard InChI is InChI=1S/C14H24N2O.2ClH/c1-2-3-6-14(17)16-10-7-12(8-11-16)13-5-4-9-15-13;;/h2,12-13,15H,1,3-11H2;2*1H. The van der Waals surface area contributed by atoms with Crippen LogP contribution in [-0.2, 0) is 4.79 Å². The molecular formula is C14H26Cl2N2O. The first-order valence-electron chi connectivity index (χ1n) is 6.93. The Morgan fingerprint density at radius 1 is 1.26 bits per heavy atom. The third-order valence-corrected chi connectivity index (χ3v) is 4.12. The normalized spacial score (nSPS) is 23.4. The van der Waals surface area contributed by atoms with E-state index in [0.29, 0.717) is 12.3 Å². The van der Waals surface area contributed by atoms with E-state index in [1.807, 2.05) is 11.0 Å². The van der Waals surface area contributed by atoms with E-state index in [-0.39, 0.29) is 24.8 Å². The van der Waals surface area contributed by atoms with Gasteiger partial charge in [0.15, 0.2) is 0 Å². The van der Waals surface area contributed by atoms with Crippen molar-refractivity contribution in [3.63, 3.8) is 0 Å². The molecule has 19 heavy (non-hydrogen) atoms. The number of rotatable bonds is 4. The highest BCUT2D eigenvalue weighted by molar-refractivity contribution is 5.85. The Bertz CT molecular complexity index is 273. The van der Waals surface area contributed by atoms with Crippen LogP contribution in [0.3, 0.4) is 0 Å². The SMILES string of the molecule is C=CCCC(=O)N1CCC(C2CCCN2)CC1.Cl.Cl. The molecule has 112 valence electrons. The van der Waals surface area contributed by atoms with Crippen molar-refractivity contribution in [1.29, 1.82) is 0 Å². The second-order valence-corrected chi connectivity index (χ2v) is 5.25. The third-order valence-electron chi connectivity index (χ3n) is 4.12. The number of amides is 1. The zero-order valence-corrected chi connectivity index (χ0v) is 13.1. The summed E-state index contributed by atoms with van der Waals surface area (Å²) in [5, 5.41) is 3.59. The number of nitrogens with zero attached hydrogens (tertiary/aromatic N) is 1. The lowest BCUT2D eigenvalue weighted by Crippen LogP contribution is -2.43. The molecule has 1 N–H and O–H groups in total. The van der Waals surface area contributed by atoms with Gasteiger partial charge in [-0.25, -0.2) is 0 Å². The van der Waals surface area contributed by atoms with Crippen LogP contribution in [0.4, 0.5) is 0 Å². The molecular weight excluding hydrogens is 283 g/mol. The Kier molecular flexibility index (Phi) is 9.50. The molecule has 1 atom stereocenters. The van der Waals surface area contributed by atoms with E-state index in [1.54, 1.807) is 0 Å². The number of carbonyl (C=O) groups is 1. The quantitative estimate of drug-likeness (QED) is 0.810. The summed E-state index contributed by atoms with van der Waals surface area (Å²) in [6, 6.07) is 0.723. The van der Waals surface area contributed by atoms with Crippen molar-refractivity contribution in [3.8, 4) is 0 Å². The Hall–Kier alpha value is -0.250. The van der Waals surface area contributed by atoms with Crippen molar-refractivity contribution in [1.82, 2.24) is 10.2 Å². The maximum atomic E-state index is 11.8. The molecule has 5 heteroatoms. The van der Waals surface area contributed by atoms with Gasteiger partial charge in [0.05, 0.1) is 0 Å². The fourth-order valence-electron chi connectivity index (χ4n) is 3.05. The lowest BCUT2D eigenvalue weighted by molar-refractivity contribution is -0.132. The van der Waals surface area contributed by atoms with E-state index in [4.69, 9.17) is 0 Å². The van der Waals surface area contributed by atoms with Crippen molar-refractivity contribution in [2.24, 2.45) is 5.92 Å². The summed E-state index contributed by atoms with van der Waals surface area (Å²) in [7, 11) is 0. The van der Waals surface area contributed by atoms with Gasteiger partial charge in [0.1, 0.15) is 0 Å². The number of nitrogens with one attached hydrogen (secondary N) is 1. The molecule has 0 aromatic carbocycles. The highest BCUT2D eigenvalue weighted by Crippen LogP contribution is 2.25. The molecule has 0 aliphatic carbocycles. The second kappa shape index (κ2) is 9.62. The van der Waals surface area contributed by atoms with Crippen LogP contribution in [0.2, 0.25) is 0 Å². The molecule has 1 unspecified atom stereocenters. The first-order chi connectivity index (χ1) is 8.31. The summed E-state index contributed by atoms with van der Waals surface area (Å²) in [4.78, 5) is 13.9. The Labute approximate surface area is 129 Å². The van der Waals surface area contributed by atoms with Crippen molar-refractivity contribution >= 4 is 30.7 Å². The van der Waals surface area contributed by atoms with Crippen molar-refractivity contribution in [3.05, 3.63) is 12.7 Å². The number of likely N-dealkylation sites (tertiary alicyclic amines) is 1. The van der Waals surface area contributed by atoms with Crippen LogP contribution >= 0.6 is 24.8 Å². The zero-order chi connectivity index (χ0) is 12.1. The van der Waals surface area contributed by atoms with Gasteiger partial charge in [-0.1, -0.05) is 6.08 Å². The maximum absolute atomic E-state index is 11.8. The molecule has 2 fully saturated rings. The Morgan fingerprint density at radius 2 is 1.95 bits per heavy atom. The predicted octanol–water partition coefficient (Wildman–Crippen LogP) is 2.79. The maximum Gasteiger partial charge on any atom is 0.222 e. The monoisotopic (exact) mass is 308 g/mol. The average molecular weight is 309 g/mol. The number of allylic oxidation sites excluding steroid dienone is 1. The topological polar surface area (TPSA) is 32.3 Å². The molecule has 0 saturated carbocycles. The van der Waals surface area contributed by atoms with Crippen LogP contribution in [-0.4, -0.2) is 36.5 Å². The third kappa shape index (κ3) is 5.33. The fraction of sp³-hybridized carbons (Fsp3) is 0.786. The smallest absolute Gasteiger partial charge is 0.222 e. The number of hydrogen-bond acceptors (Lipinski definition) is 2. The van der Waals surface area contributed by atoms with Gasteiger partial charge in [-0.05, 0) is 44.6 Å². The van der Waals surface area contributed by atoms with Gasteiger partial charge in [0.2, 0.25) is 5.91 Å². The average Bonchev–Trinajstić information content (AvgIpc) is 2.90. The molecule has 2 heterocycles. The van der Waals surface area contributed by atoms with Gasteiger partial charge in [0.25, 0.3) is 0 Å². The highest BCUT2D eigenvalue weighted by atomic mass is 35.5. The van der Waals surface area contributed by atoms with E-state index < -0.39 is 0 Å². The summed E-state index contributed by atoms with van der Waals surface area (Å²) in [5.74, 6) is 1.10. The van der Waals surface area contributed by atoms with Crippen molar-refractivity contribution in [2.45, 2.75) is 44.6 Å². The van der Waals surface area contributed by atoms with Gasteiger partial charge in [-0.3, -0.25) is 4.79 Å². The fourth-order valence-corrected chi connectivity index (χ4v) is 3.05. The van der Waals surface area contributed by atoms with Gasteiger partial charge >= 0.3 is 0 Å². The summed E-state index contributed by atoms with van der Waals surface area (Å²) < 4.78 is 0. The van der Waals surface area contributed by atoms with Crippen LogP contribution in [0.1, 0.15) is 38.5 Å². The van der Waals surface area contributed by atoms with E-state index in [9.17, 15) is 4.79 Å². The molecule has 1 amide bonds. The van der Waals surface area contributed by atoms with Crippen molar-refractivity contribution in [2.75, 3.05) is 19.6 Å². The molecule has 2 aliphatic rings.